The Balaban J connectivity index is 1.11. The zero-order valence-electron chi connectivity index (χ0n) is 46.3. The normalized spacial score (nSPS) is 15.3. The van der Waals surface area contributed by atoms with E-state index in [-0.39, 0.29) is 66.5 Å². The van der Waals surface area contributed by atoms with E-state index in [4.69, 9.17) is 31.4 Å². The van der Waals surface area contributed by atoms with Crippen molar-refractivity contribution in [2.24, 2.45) is 0 Å². The van der Waals surface area contributed by atoms with E-state index < -0.39 is 96.7 Å². The van der Waals surface area contributed by atoms with Crippen LogP contribution in [-0.2, 0) is 0 Å². The zero-order valence-corrected chi connectivity index (χ0v) is 30.3. The lowest BCUT2D eigenvalue weighted by Gasteiger charge is -2.19. The van der Waals surface area contributed by atoms with Gasteiger partial charge in [0, 0.05) is 62.2 Å². The maximum absolute atomic E-state index is 9.02. The van der Waals surface area contributed by atoms with E-state index in [0.29, 0.717) is 22.6 Å². The first-order chi connectivity index (χ1) is 35.4. The number of para-hydroxylation sites is 4. The van der Waals surface area contributed by atoms with Gasteiger partial charge in [-0.3, -0.25) is 0 Å². The SMILES string of the molecule is [2H]c1c([2H])c([2H])c2c(c1[2H])c1c([2H])c([2H])c([2H])c([2H])c1n2-c1cccc(Oc2cc(Oc3cccc(-n4c5c([2H])c([2H])c([2H])c([2H])c5c5c([2H])c([2H])c([2H])c([2H])c54)c3)c(-c3ccccc3)cc2-c2ccccc2)c1. The Morgan fingerprint density at radius 2 is 0.707 bits per heavy atom. The first-order valence-corrected chi connectivity index (χ1v) is 18.3. The van der Waals surface area contributed by atoms with E-state index in [9.17, 15) is 0 Å². The summed E-state index contributed by atoms with van der Waals surface area (Å²) < 4.78 is 156. The summed E-state index contributed by atoms with van der Waals surface area (Å²) in [5.41, 5.74) is 3.13. The standard InChI is InChI=1S/C54H36N2O2/c1-3-17-37(18-4-1)47-35-48(38-19-5-2-6-20-38)54(58-42-24-16-22-40(34-42)56-51-31-13-9-27-45(51)46-28-10-14-32-52(46)56)36-53(47)57-41-23-15-21-39(33-41)55-49-29-11-7-25-43(49)44-26-8-12-30-50(44)55/h1-36H/i7D,8D,9D,10D,11D,12D,13D,14D,25D,26D,27D,28D,29D,30D,31D,32D. The second kappa shape index (κ2) is 14.0. The molecule has 0 radical (unpaired) electrons. The van der Waals surface area contributed by atoms with Gasteiger partial charge < -0.3 is 18.6 Å². The van der Waals surface area contributed by atoms with Gasteiger partial charge in [0.25, 0.3) is 0 Å². The first-order valence-electron chi connectivity index (χ1n) is 26.3. The second-order valence-corrected chi connectivity index (χ2v) is 13.3. The molecule has 0 aliphatic rings. The van der Waals surface area contributed by atoms with Crippen molar-refractivity contribution in [3.8, 4) is 56.6 Å². The molecule has 0 bridgehead atoms. The predicted octanol–water partition coefficient (Wildman–Crippen LogP) is 14.8. The Morgan fingerprint density at radius 1 is 0.345 bits per heavy atom. The highest BCUT2D eigenvalue weighted by Crippen LogP contribution is 2.45. The van der Waals surface area contributed by atoms with Crippen LogP contribution in [0.25, 0.3) is 77.2 Å². The molecule has 0 saturated carbocycles. The number of ether oxygens (including phenoxy) is 2. The van der Waals surface area contributed by atoms with E-state index in [1.165, 1.54) is 9.13 Å². The lowest BCUT2D eigenvalue weighted by atomic mass is 9.97. The number of aromatic nitrogens is 2. The highest BCUT2D eigenvalue weighted by molar-refractivity contribution is 6.10. The molecule has 2 aromatic heterocycles. The number of rotatable bonds is 8. The topological polar surface area (TPSA) is 28.3 Å². The summed E-state index contributed by atoms with van der Waals surface area (Å²) in [6, 6.07) is 27.6. The van der Waals surface area contributed by atoms with Crippen LogP contribution >= 0.6 is 0 Å². The Morgan fingerprint density at radius 3 is 1.09 bits per heavy atom. The van der Waals surface area contributed by atoms with Crippen molar-refractivity contribution in [1.29, 1.82) is 0 Å². The van der Waals surface area contributed by atoms with Crippen molar-refractivity contribution < 1.29 is 31.4 Å². The Hall–Kier alpha value is -7.82. The lowest BCUT2D eigenvalue weighted by Crippen LogP contribution is -1.97. The van der Waals surface area contributed by atoms with Gasteiger partial charge in [0.2, 0.25) is 0 Å². The van der Waals surface area contributed by atoms with Crippen molar-refractivity contribution in [3.05, 3.63) is 218 Å². The fourth-order valence-corrected chi connectivity index (χ4v) is 7.40. The van der Waals surface area contributed by atoms with E-state index in [1.54, 1.807) is 54.6 Å². The highest BCUT2D eigenvalue weighted by atomic mass is 16.5. The molecule has 11 aromatic rings. The molecule has 0 atom stereocenters. The van der Waals surface area contributed by atoms with Crippen LogP contribution in [0, 0.1) is 0 Å². The summed E-state index contributed by atoms with van der Waals surface area (Å²) in [6.07, 6.45) is 0. The average molecular weight is 761 g/mol. The average Bonchev–Trinajstić information content (AvgIpc) is 3.98. The Bertz CT molecular complexity index is 3800. The van der Waals surface area contributed by atoms with Gasteiger partial charge in [-0.1, -0.05) is 145 Å². The van der Waals surface area contributed by atoms with Crippen LogP contribution in [0.15, 0.2) is 218 Å². The molecular weight excluding hydrogens is 709 g/mol. The molecule has 58 heavy (non-hydrogen) atoms. The van der Waals surface area contributed by atoms with Gasteiger partial charge in [0.05, 0.1) is 44.0 Å². The number of benzene rings is 9. The van der Waals surface area contributed by atoms with E-state index in [2.05, 4.69) is 0 Å². The molecule has 0 saturated heterocycles. The number of nitrogens with zero attached hydrogens (tertiary/aromatic N) is 2. The third-order valence-corrected chi connectivity index (χ3v) is 9.92. The summed E-state index contributed by atoms with van der Waals surface area (Å²) >= 11 is 0. The molecule has 9 aromatic carbocycles. The fraction of sp³-hybridized carbons (Fsp3) is 0. The molecule has 0 spiro atoms. The molecule has 0 N–H and O–H groups in total. The molecule has 11 rings (SSSR count). The lowest BCUT2D eigenvalue weighted by molar-refractivity contribution is 0.462. The van der Waals surface area contributed by atoms with Crippen molar-refractivity contribution in [2.45, 2.75) is 0 Å². The summed E-state index contributed by atoms with van der Waals surface area (Å²) in [4.78, 5) is 0. The van der Waals surface area contributed by atoms with Gasteiger partial charge in [-0.05, 0) is 65.6 Å². The van der Waals surface area contributed by atoms with Gasteiger partial charge in [-0.2, -0.15) is 0 Å². The fourth-order valence-electron chi connectivity index (χ4n) is 7.40. The third-order valence-electron chi connectivity index (χ3n) is 9.92. The van der Waals surface area contributed by atoms with Crippen LogP contribution in [-0.4, -0.2) is 9.13 Å². The molecule has 0 amide bonds. The monoisotopic (exact) mass is 760 g/mol. The number of hydrogen-bond acceptors (Lipinski definition) is 2. The van der Waals surface area contributed by atoms with Crippen molar-refractivity contribution in [3.63, 3.8) is 0 Å². The molecule has 274 valence electrons. The Kier molecular flexibility index (Phi) is 5.06. The first kappa shape index (κ1) is 20.9. The van der Waals surface area contributed by atoms with Crippen molar-refractivity contribution >= 4 is 43.6 Å². The summed E-state index contributed by atoms with van der Waals surface area (Å²) in [7, 11) is 0. The third kappa shape index (κ3) is 5.78. The zero-order chi connectivity index (χ0) is 52.3. The van der Waals surface area contributed by atoms with Crippen LogP contribution in [0.2, 0.25) is 0 Å². The van der Waals surface area contributed by atoms with Crippen molar-refractivity contribution in [2.75, 3.05) is 0 Å². The number of hydrogen-bond donors (Lipinski definition) is 0. The quantitative estimate of drug-likeness (QED) is 0.154. The highest BCUT2D eigenvalue weighted by Gasteiger charge is 2.19. The van der Waals surface area contributed by atoms with Gasteiger partial charge >= 0.3 is 0 Å². The molecule has 4 nitrogen and oxygen atoms in total. The molecule has 4 heteroatoms. The van der Waals surface area contributed by atoms with Gasteiger partial charge in [0.15, 0.2) is 0 Å². The smallest absolute Gasteiger partial charge is 0.139 e. The maximum Gasteiger partial charge on any atom is 0.139 e. The largest absolute Gasteiger partial charge is 0.457 e. The summed E-state index contributed by atoms with van der Waals surface area (Å²) in [5, 5.41) is -0.259. The van der Waals surface area contributed by atoms with Crippen LogP contribution in [0.5, 0.6) is 23.0 Å². The molecule has 0 unspecified atom stereocenters. The summed E-state index contributed by atoms with van der Waals surface area (Å²) in [6.45, 7) is 0. The Labute approximate surface area is 358 Å². The van der Waals surface area contributed by atoms with Crippen LogP contribution < -0.4 is 9.47 Å². The summed E-state index contributed by atoms with van der Waals surface area (Å²) in [5.74, 6) is 1.05. The van der Waals surface area contributed by atoms with Crippen LogP contribution in [0.3, 0.4) is 0 Å². The predicted molar refractivity (Wildman–Crippen MR) is 239 cm³/mol. The van der Waals surface area contributed by atoms with Crippen LogP contribution in [0.1, 0.15) is 21.9 Å². The molecular formula is C54H36N2O2. The van der Waals surface area contributed by atoms with Gasteiger partial charge in [-0.15, -0.1) is 0 Å². The maximum atomic E-state index is 9.02. The molecule has 0 aliphatic heterocycles. The minimum Gasteiger partial charge on any atom is -0.457 e. The second-order valence-electron chi connectivity index (χ2n) is 13.3. The minimum absolute atomic E-state index is 0.0492. The molecule has 0 fully saturated rings. The molecule has 0 aliphatic carbocycles. The van der Waals surface area contributed by atoms with Gasteiger partial charge in [0.1, 0.15) is 23.0 Å². The van der Waals surface area contributed by atoms with Gasteiger partial charge in [-0.25, -0.2) is 0 Å². The number of fused-ring (bicyclic) bond motifs is 6. The molecule has 2 heterocycles. The van der Waals surface area contributed by atoms with E-state index >= 15 is 0 Å². The van der Waals surface area contributed by atoms with Crippen molar-refractivity contribution in [1.82, 2.24) is 9.13 Å². The van der Waals surface area contributed by atoms with E-state index in [0.717, 1.165) is 11.1 Å². The minimum atomic E-state index is -0.554. The van der Waals surface area contributed by atoms with E-state index in [1.807, 2.05) is 66.7 Å². The van der Waals surface area contributed by atoms with Crippen LogP contribution in [0.4, 0.5) is 0 Å².